The number of hydrogen-bond acceptors (Lipinski definition) is 1. The van der Waals surface area contributed by atoms with Gasteiger partial charge in [0.25, 0.3) is 5.82 Å². The first-order chi connectivity index (χ1) is 11.1. The first-order valence-corrected chi connectivity index (χ1v) is 8.65. The SMILES string of the molecule is CC1CC2(CCCC2)N(c2cccc[n+]2C)c2ccc(F)cc21. The van der Waals surface area contributed by atoms with Gasteiger partial charge in [-0.25, -0.2) is 13.9 Å². The van der Waals surface area contributed by atoms with Crippen molar-refractivity contribution in [2.45, 2.75) is 50.5 Å². The highest BCUT2D eigenvalue weighted by atomic mass is 19.1. The minimum atomic E-state index is -0.129. The number of fused-ring (bicyclic) bond motifs is 1. The van der Waals surface area contributed by atoms with Gasteiger partial charge >= 0.3 is 0 Å². The van der Waals surface area contributed by atoms with Crippen molar-refractivity contribution in [1.82, 2.24) is 0 Å². The van der Waals surface area contributed by atoms with Gasteiger partial charge in [-0.05, 0) is 62.3 Å². The maximum absolute atomic E-state index is 13.8. The number of aromatic nitrogens is 1. The zero-order valence-corrected chi connectivity index (χ0v) is 13.9. The Hall–Kier alpha value is -1.90. The molecule has 2 nitrogen and oxygen atoms in total. The molecule has 0 N–H and O–H groups in total. The summed E-state index contributed by atoms with van der Waals surface area (Å²) in [5.74, 6) is 1.48. The van der Waals surface area contributed by atoms with E-state index in [9.17, 15) is 4.39 Å². The van der Waals surface area contributed by atoms with E-state index >= 15 is 0 Å². The molecule has 1 aromatic heterocycles. The average molecular weight is 311 g/mol. The van der Waals surface area contributed by atoms with Gasteiger partial charge in [0, 0.05) is 11.6 Å². The average Bonchev–Trinajstić information content (AvgIpc) is 2.98. The third kappa shape index (κ3) is 2.25. The lowest BCUT2D eigenvalue weighted by Gasteiger charge is -2.43. The fraction of sp³-hybridized carbons (Fsp3) is 0.450. The summed E-state index contributed by atoms with van der Waals surface area (Å²) in [4.78, 5) is 2.51. The van der Waals surface area contributed by atoms with Crippen LogP contribution in [-0.4, -0.2) is 5.54 Å². The molecule has 23 heavy (non-hydrogen) atoms. The van der Waals surface area contributed by atoms with Crippen LogP contribution in [0.15, 0.2) is 42.6 Å². The number of nitrogens with zero attached hydrogens (tertiary/aromatic N) is 2. The molecule has 1 fully saturated rings. The van der Waals surface area contributed by atoms with Crippen molar-refractivity contribution in [2.75, 3.05) is 4.90 Å². The van der Waals surface area contributed by atoms with Crippen molar-refractivity contribution in [2.24, 2.45) is 7.05 Å². The summed E-state index contributed by atoms with van der Waals surface area (Å²) in [6, 6.07) is 11.7. The summed E-state index contributed by atoms with van der Waals surface area (Å²) in [5.41, 5.74) is 2.52. The predicted molar refractivity (Wildman–Crippen MR) is 90.4 cm³/mol. The van der Waals surface area contributed by atoms with Crippen molar-refractivity contribution in [1.29, 1.82) is 0 Å². The molecule has 1 aromatic carbocycles. The zero-order chi connectivity index (χ0) is 16.0. The second kappa shape index (κ2) is 5.33. The van der Waals surface area contributed by atoms with Crippen molar-refractivity contribution in [3.8, 4) is 0 Å². The number of halogens is 1. The first kappa shape index (κ1) is 14.7. The summed E-state index contributed by atoms with van der Waals surface area (Å²) >= 11 is 0. The van der Waals surface area contributed by atoms with E-state index in [1.54, 1.807) is 12.1 Å². The monoisotopic (exact) mass is 311 g/mol. The van der Waals surface area contributed by atoms with Crippen LogP contribution in [0.4, 0.5) is 15.9 Å². The Labute approximate surface area is 137 Å². The fourth-order valence-electron chi connectivity index (χ4n) is 4.72. The van der Waals surface area contributed by atoms with Crippen LogP contribution in [0.1, 0.15) is 50.5 Å². The molecule has 4 rings (SSSR count). The molecule has 0 saturated heterocycles. The van der Waals surface area contributed by atoms with Crippen LogP contribution in [-0.2, 0) is 7.05 Å². The minimum absolute atomic E-state index is 0.129. The Balaban J connectivity index is 1.95. The molecule has 1 atom stereocenters. The van der Waals surface area contributed by atoms with Crippen LogP contribution in [0.3, 0.4) is 0 Å². The molecule has 120 valence electrons. The molecule has 1 aliphatic carbocycles. The van der Waals surface area contributed by atoms with Gasteiger partial charge in [-0.3, -0.25) is 0 Å². The van der Waals surface area contributed by atoms with Crippen LogP contribution in [0.25, 0.3) is 0 Å². The van der Waals surface area contributed by atoms with E-state index in [0.29, 0.717) is 5.92 Å². The van der Waals surface area contributed by atoms with E-state index in [1.165, 1.54) is 37.2 Å². The standard InChI is InChI=1S/C20H24FN2/c1-15-14-20(10-4-5-11-20)23(19-7-3-6-12-22(19)2)18-9-8-16(21)13-17(15)18/h3,6-9,12-13,15H,4-5,10-11,14H2,1-2H3/q+1. The van der Waals surface area contributed by atoms with E-state index < -0.39 is 0 Å². The van der Waals surface area contributed by atoms with Crippen LogP contribution in [0.5, 0.6) is 0 Å². The van der Waals surface area contributed by atoms with Crippen molar-refractivity contribution < 1.29 is 8.96 Å². The number of anilines is 2. The largest absolute Gasteiger partial charge is 0.281 e. The highest BCUT2D eigenvalue weighted by Crippen LogP contribution is 2.52. The molecule has 0 radical (unpaired) electrons. The molecule has 1 saturated carbocycles. The summed E-state index contributed by atoms with van der Waals surface area (Å²) in [6.45, 7) is 2.25. The van der Waals surface area contributed by atoms with Crippen molar-refractivity contribution in [3.63, 3.8) is 0 Å². The normalized spacial score (nSPS) is 22.4. The highest BCUT2D eigenvalue weighted by molar-refractivity contribution is 5.68. The second-order valence-electron chi connectivity index (χ2n) is 7.24. The quantitative estimate of drug-likeness (QED) is 0.698. The van der Waals surface area contributed by atoms with Gasteiger partial charge in [0.1, 0.15) is 17.0 Å². The van der Waals surface area contributed by atoms with Crippen LogP contribution in [0, 0.1) is 5.82 Å². The summed E-state index contributed by atoms with van der Waals surface area (Å²) in [5, 5.41) is 0. The Morgan fingerprint density at radius 3 is 2.70 bits per heavy atom. The molecular weight excluding hydrogens is 287 g/mol. The Bertz CT molecular complexity index is 734. The Kier molecular flexibility index (Phi) is 3.40. The number of aryl methyl sites for hydroxylation is 1. The fourth-order valence-corrected chi connectivity index (χ4v) is 4.72. The summed E-state index contributed by atoms with van der Waals surface area (Å²) in [7, 11) is 2.10. The van der Waals surface area contributed by atoms with Gasteiger partial charge in [0.15, 0.2) is 0 Å². The number of benzene rings is 1. The maximum atomic E-state index is 13.8. The maximum Gasteiger partial charge on any atom is 0.281 e. The summed E-state index contributed by atoms with van der Waals surface area (Å²) < 4.78 is 16.0. The predicted octanol–water partition coefficient (Wildman–Crippen LogP) is 4.61. The van der Waals surface area contributed by atoms with E-state index in [4.69, 9.17) is 0 Å². The molecule has 1 aliphatic heterocycles. The lowest BCUT2D eigenvalue weighted by Crippen LogP contribution is -2.52. The van der Waals surface area contributed by atoms with Crippen LogP contribution < -0.4 is 9.47 Å². The van der Waals surface area contributed by atoms with Gasteiger partial charge < -0.3 is 0 Å². The van der Waals surface area contributed by atoms with Gasteiger partial charge in [-0.2, -0.15) is 0 Å². The van der Waals surface area contributed by atoms with Gasteiger partial charge in [-0.15, -0.1) is 0 Å². The molecule has 1 unspecified atom stereocenters. The molecule has 3 heteroatoms. The van der Waals surface area contributed by atoms with Gasteiger partial charge in [0.05, 0.1) is 13.2 Å². The molecule has 2 aliphatic rings. The molecule has 0 amide bonds. The highest BCUT2D eigenvalue weighted by Gasteiger charge is 2.51. The topological polar surface area (TPSA) is 7.12 Å². The lowest BCUT2D eigenvalue weighted by molar-refractivity contribution is -0.659. The summed E-state index contributed by atoms with van der Waals surface area (Å²) in [6.07, 6.45) is 8.23. The smallest absolute Gasteiger partial charge is 0.237 e. The van der Waals surface area contributed by atoms with E-state index in [-0.39, 0.29) is 11.4 Å². The van der Waals surface area contributed by atoms with E-state index in [1.807, 2.05) is 6.07 Å². The number of pyridine rings is 1. The number of rotatable bonds is 1. The minimum Gasteiger partial charge on any atom is -0.237 e. The second-order valence-corrected chi connectivity index (χ2v) is 7.24. The van der Waals surface area contributed by atoms with Crippen molar-refractivity contribution in [3.05, 3.63) is 54.0 Å². The van der Waals surface area contributed by atoms with Crippen LogP contribution in [0.2, 0.25) is 0 Å². The first-order valence-electron chi connectivity index (χ1n) is 8.65. The molecule has 0 bridgehead atoms. The molecular formula is C20H24FN2+. The molecule has 1 spiro atoms. The Morgan fingerprint density at radius 2 is 1.96 bits per heavy atom. The third-order valence-corrected chi connectivity index (χ3v) is 5.71. The Morgan fingerprint density at radius 1 is 1.17 bits per heavy atom. The third-order valence-electron chi connectivity index (χ3n) is 5.71. The van der Waals surface area contributed by atoms with E-state index in [0.717, 1.165) is 12.0 Å². The number of hydrogen-bond donors (Lipinski definition) is 0. The van der Waals surface area contributed by atoms with Gasteiger partial charge in [-0.1, -0.05) is 13.0 Å². The van der Waals surface area contributed by atoms with E-state index in [2.05, 4.69) is 47.8 Å². The molecule has 2 heterocycles. The van der Waals surface area contributed by atoms with Crippen molar-refractivity contribution >= 4 is 11.5 Å². The molecule has 2 aromatic rings. The zero-order valence-electron chi connectivity index (χ0n) is 13.9. The van der Waals surface area contributed by atoms with Crippen LogP contribution >= 0.6 is 0 Å². The lowest BCUT2D eigenvalue weighted by atomic mass is 9.76. The van der Waals surface area contributed by atoms with Gasteiger partial charge in [0.2, 0.25) is 0 Å².